The van der Waals surface area contributed by atoms with E-state index in [1.165, 1.54) is 96.3 Å². The Labute approximate surface area is 236 Å². The zero-order valence-corrected chi connectivity index (χ0v) is 26.5. The van der Waals surface area contributed by atoms with Crippen LogP contribution in [0.4, 0.5) is 0 Å². The molecule has 0 spiro atoms. The highest BCUT2D eigenvalue weighted by Crippen LogP contribution is 2.44. The molecule has 1 rings (SSSR count). The molecule has 0 aliphatic carbocycles. The lowest BCUT2D eigenvalue weighted by atomic mass is 9.74. The maximum absolute atomic E-state index is 12.9. The molecule has 1 N–H and O–H groups in total. The Morgan fingerprint density at radius 2 is 1.08 bits per heavy atom. The summed E-state index contributed by atoms with van der Waals surface area (Å²) in [4.78, 5) is 12.9. The molecule has 0 fully saturated rings. The van der Waals surface area contributed by atoms with Crippen LogP contribution >= 0.6 is 0 Å². The second kappa shape index (κ2) is 18.0. The summed E-state index contributed by atoms with van der Waals surface area (Å²) in [5.41, 5.74) is 1.27. The first-order valence-electron chi connectivity index (χ1n) is 16.0. The highest BCUT2D eigenvalue weighted by atomic mass is 16.5. The summed E-state index contributed by atoms with van der Waals surface area (Å²) in [6.45, 7) is 16.8. The summed E-state index contributed by atoms with van der Waals surface area (Å²) in [7, 11) is 0. The predicted octanol–water partition coefficient (Wildman–Crippen LogP) is 11.2. The van der Waals surface area contributed by atoms with E-state index in [0.29, 0.717) is 5.75 Å². The largest absolute Gasteiger partial charge is 0.508 e. The van der Waals surface area contributed by atoms with Gasteiger partial charge >= 0.3 is 5.97 Å². The van der Waals surface area contributed by atoms with Crippen molar-refractivity contribution in [3.05, 3.63) is 23.3 Å². The highest BCUT2D eigenvalue weighted by Gasteiger charge is 2.32. The molecule has 220 valence electrons. The molecule has 3 nitrogen and oxygen atoms in total. The Hall–Kier alpha value is -1.51. The normalized spacial score (nSPS) is 13.1. The average molecular weight is 531 g/mol. The second-order valence-corrected chi connectivity index (χ2v) is 13.7. The number of aromatic hydroxyl groups is 1. The van der Waals surface area contributed by atoms with Gasteiger partial charge in [0.1, 0.15) is 11.5 Å². The fourth-order valence-electron chi connectivity index (χ4n) is 5.49. The molecule has 0 aromatic heterocycles. The van der Waals surface area contributed by atoms with Crippen LogP contribution in [0.5, 0.6) is 11.5 Å². The molecule has 1 atom stereocenters. The molecule has 0 amide bonds. The van der Waals surface area contributed by atoms with Crippen molar-refractivity contribution in [2.24, 2.45) is 5.92 Å². The van der Waals surface area contributed by atoms with Crippen molar-refractivity contribution in [3.8, 4) is 11.5 Å². The van der Waals surface area contributed by atoms with Crippen LogP contribution in [0.3, 0.4) is 0 Å². The third-order valence-electron chi connectivity index (χ3n) is 7.75. The number of benzene rings is 1. The smallest absolute Gasteiger partial charge is 0.314 e. The summed E-state index contributed by atoms with van der Waals surface area (Å²) in [6.07, 6.45) is 22.5. The quantitative estimate of drug-likeness (QED) is 0.110. The number of unbranched alkanes of at least 4 members (excludes halogenated alkanes) is 15. The fourth-order valence-corrected chi connectivity index (χ4v) is 5.49. The molecule has 1 aromatic carbocycles. The lowest BCUT2D eigenvalue weighted by Gasteiger charge is -2.32. The van der Waals surface area contributed by atoms with Crippen molar-refractivity contribution in [3.63, 3.8) is 0 Å². The number of esters is 1. The van der Waals surface area contributed by atoms with Crippen molar-refractivity contribution >= 4 is 5.97 Å². The summed E-state index contributed by atoms with van der Waals surface area (Å²) in [5.74, 6) is 0.566. The molecule has 1 aromatic rings. The molecule has 0 saturated carbocycles. The Morgan fingerprint density at radius 1 is 0.684 bits per heavy atom. The van der Waals surface area contributed by atoms with E-state index < -0.39 is 0 Å². The van der Waals surface area contributed by atoms with Gasteiger partial charge in [0.05, 0.1) is 5.92 Å². The zero-order valence-electron chi connectivity index (χ0n) is 26.5. The second-order valence-electron chi connectivity index (χ2n) is 13.7. The van der Waals surface area contributed by atoms with E-state index >= 15 is 0 Å². The van der Waals surface area contributed by atoms with Crippen LogP contribution in [0.2, 0.25) is 0 Å². The summed E-state index contributed by atoms with van der Waals surface area (Å²) in [5, 5.41) is 10.6. The molecule has 1 unspecified atom stereocenters. The van der Waals surface area contributed by atoms with E-state index in [0.717, 1.165) is 24.0 Å². The predicted molar refractivity (Wildman–Crippen MR) is 164 cm³/mol. The van der Waals surface area contributed by atoms with Crippen molar-refractivity contribution in [1.29, 1.82) is 0 Å². The molecule has 0 aliphatic heterocycles. The number of hydrogen-bond donors (Lipinski definition) is 1. The van der Waals surface area contributed by atoms with Gasteiger partial charge in [-0.2, -0.15) is 0 Å². The number of hydrogen-bond acceptors (Lipinski definition) is 3. The van der Waals surface area contributed by atoms with E-state index in [1.807, 2.05) is 6.92 Å². The Bertz CT molecular complexity index is 782. The first-order chi connectivity index (χ1) is 17.9. The van der Waals surface area contributed by atoms with Crippen LogP contribution in [0.1, 0.15) is 176 Å². The van der Waals surface area contributed by atoms with Crippen LogP contribution in [0.15, 0.2) is 12.1 Å². The van der Waals surface area contributed by atoms with Crippen molar-refractivity contribution in [2.75, 3.05) is 0 Å². The van der Waals surface area contributed by atoms with E-state index in [2.05, 4.69) is 48.5 Å². The summed E-state index contributed by atoms with van der Waals surface area (Å²) < 4.78 is 5.95. The first kappa shape index (κ1) is 34.5. The first-order valence-corrected chi connectivity index (χ1v) is 16.0. The van der Waals surface area contributed by atoms with E-state index in [1.54, 1.807) is 12.1 Å². The maximum atomic E-state index is 12.9. The molecule has 0 bridgehead atoms. The van der Waals surface area contributed by atoms with Crippen molar-refractivity contribution in [2.45, 2.75) is 175 Å². The number of rotatable bonds is 19. The van der Waals surface area contributed by atoms with Crippen LogP contribution in [0.25, 0.3) is 0 Å². The number of phenols is 1. The number of carbonyl (C=O) groups excluding carboxylic acids is 1. The van der Waals surface area contributed by atoms with Gasteiger partial charge in [0.2, 0.25) is 0 Å². The van der Waals surface area contributed by atoms with Crippen molar-refractivity contribution in [1.82, 2.24) is 0 Å². The minimum Gasteiger partial charge on any atom is -0.508 e. The molecule has 0 radical (unpaired) electrons. The fraction of sp³-hybridized carbons (Fsp3) is 0.800. The average Bonchev–Trinajstić information content (AvgIpc) is 2.83. The summed E-state index contributed by atoms with van der Waals surface area (Å²) in [6, 6.07) is 3.42. The van der Waals surface area contributed by atoms with Gasteiger partial charge in [0.25, 0.3) is 0 Å². The van der Waals surface area contributed by atoms with Crippen LogP contribution in [-0.4, -0.2) is 11.1 Å². The highest BCUT2D eigenvalue weighted by molar-refractivity contribution is 5.75. The van der Waals surface area contributed by atoms with E-state index in [-0.39, 0.29) is 28.5 Å². The van der Waals surface area contributed by atoms with Crippen LogP contribution in [-0.2, 0) is 15.6 Å². The zero-order chi connectivity index (χ0) is 28.6. The maximum Gasteiger partial charge on any atom is 0.314 e. The third kappa shape index (κ3) is 13.5. The van der Waals surface area contributed by atoms with Gasteiger partial charge < -0.3 is 9.84 Å². The van der Waals surface area contributed by atoms with E-state index in [9.17, 15) is 9.90 Å². The Morgan fingerprint density at radius 3 is 1.47 bits per heavy atom. The standard InChI is InChI=1S/C35H62O3/c1-9-10-11-12-13-14-15-16-17-18-19-20-21-22-23-24-25-28(2)33(37)38-30-27-26-29(36)31(34(3,4)5)32(30)35(6,7)8/h26-28,36H,9-25H2,1-8H3. The van der Waals surface area contributed by atoms with Gasteiger partial charge in [0, 0.05) is 11.1 Å². The van der Waals surface area contributed by atoms with Crippen LogP contribution in [0, 0.1) is 5.92 Å². The molecule has 0 aliphatic rings. The molecular formula is C35H62O3. The molecular weight excluding hydrogens is 468 g/mol. The topological polar surface area (TPSA) is 46.5 Å². The minimum atomic E-state index is -0.256. The van der Waals surface area contributed by atoms with Gasteiger partial charge in [-0.15, -0.1) is 0 Å². The van der Waals surface area contributed by atoms with Gasteiger partial charge in [-0.05, 0) is 29.4 Å². The molecule has 3 heteroatoms. The van der Waals surface area contributed by atoms with E-state index in [4.69, 9.17) is 4.74 Å². The Balaban J connectivity index is 2.28. The number of phenolic OH excluding ortho intramolecular Hbond substituents is 1. The van der Waals surface area contributed by atoms with Crippen molar-refractivity contribution < 1.29 is 14.6 Å². The third-order valence-corrected chi connectivity index (χ3v) is 7.75. The van der Waals surface area contributed by atoms with Gasteiger partial charge in [-0.3, -0.25) is 4.79 Å². The van der Waals surface area contributed by atoms with Gasteiger partial charge in [-0.1, -0.05) is 158 Å². The molecule has 0 heterocycles. The van der Waals surface area contributed by atoms with Crippen LogP contribution < -0.4 is 4.74 Å². The Kier molecular flexibility index (Phi) is 16.3. The lowest BCUT2D eigenvalue weighted by molar-refractivity contribution is -0.138. The lowest BCUT2D eigenvalue weighted by Crippen LogP contribution is -2.25. The SMILES string of the molecule is CCCCCCCCCCCCCCCCCCC(C)C(=O)Oc1ccc(O)c(C(C)(C)C)c1C(C)(C)C. The monoisotopic (exact) mass is 530 g/mol. The molecule has 0 saturated heterocycles. The number of carbonyl (C=O) groups is 1. The number of ether oxygens (including phenoxy) is 1. The summed E-state index contributed by atoms with van der Waals surface area (Å²) >= 11 is 0. The molecule has 38 heavy (non-hydrogen) atoms. The van der Waals surface area contributed by atoms with Gasteiger partial charge in [-0.25, -0.2) is 0 Å². The minimum absolute atomic E-state index is 0.124. The van der Waals surface area contributed by atoms with Gasteiger partial charge in [0.15, 0.2) is 0 Å².